The van der Waals surface area contributed by atoms with Crippen LogP contribution >= 0.6 is 11.8 Å². The first-order valence-electron chi connectivity index (χ1n) is 6.43. The Kier molecular flexibility index (Phi) is 6.38. The first-order chi connectivity index (χ1) is 8.95. The van der Waals surface area contributed by atoms with Crippen LogP contribution < -0.4 is 5.73 Å². The molecule has 1 unspecified atom stereocenters. The molecule has 0 aliphatic rings. The maximum atomic E-state index is 11.0. The molecule has 1 aromatic rings. The van der Waals surface area contributed by atoms with Gasteiger partial charge in [0, 0.05) is 17.5 Å². The first-order valence-corrected chi connectivity index (χ1v) is 7.59. The van der Waals surface area contributed by atoms with Crippen LogP contribution in [-0.2, 0) is 9.53 Å². The summed E-state index contributed by atoms with van der Waals surface area (Å²) in [5.41, 5.74) is 11.3. The largest absolute Gasteiger partial charge is 0.469 e. The van der Waals surface area contributed by atoms with Gasteiger partial charge in [0.1, 0.15) is 0 Å². The third-order valence-electron chi connectivity index (χ3n) is 3.08. The van der Waals surface area contributed by atoms with Crippen LogP contribution in [0.1, 0.15) is 34.7 Å². The number of hydrogen-bond donors (Lipinski definition) is 1. The van der Waals surface area contributed by atoms with Gasteiger partial charge in [-0.2, -0.15) is 11.8 Å². The molecular weight excluding hydrogens is 258 g/mol. The summed E-state index contributed by atoms with van der Waals surface area (Å²) in [5, 5.41) is 0. The summed E-state index contributed by atoms with van der Waals surface area (Å²) in [5.74, 6) is 1.41. The standard InChI is InChI=1S/C15H23NO2S/c1-10-7-11(2)15(12(3)8-10)13(16)9-19-6-5-14(17)18-4/h7-8,13H,5-6,9,16H2,1-4H3. The smallest absolute Gasteiger partial charge is 0.306 e. The molecule has 1 aromatic carbocycles. The maximum Gasteiger partial charge on any atom is 0.306 e. The molecule has 0 spiro atoms. The Morgan fingerprint density at radius 2 is 1.89 bits per heavy atom. The van der Waals surface area contributed by atoms with E-state index in [0.29, 0.717) is 6.42 Å². The van der Waals surface area contributed by atoms with Gasteiger partial charge in [-0.05, 0) is 37.5 Å². The van der Waals surface area contributed by atoms with Crippen LogP contribution in [0.2, 0.25) is 0 Å². The number of ether oxygens (including phenoxy) is 1. The number of carbonyl (C=O) groups excluding carboxylic acids is 1. The molecule has 4 heteroatoms. The van der Waals surface area contributed by atoms with Crippen molar-refractivity contribution in [2.75, 3.05) is 18.6 Å². The van der Waals surface area contributed by atoms with E-state index in [9.17, 15) is 4.79 Å². The van der Waals surface area contributed by atoms with Gasteiger partial charge in [0.05, 0.1) is 13.5 Å². The molecule has 0 radical (unpaired) electrons. The number of esters is 1. The van der Waals surface area contributed by atoms with Crippen molar-refractivity contribution >= 4 is 17.7 Å². The van der Waals surface area contributed by atoms with Gasteiger partial charge >= 0.3 is 5.97 Å². The van der Waals surface area contributed by atoms with E-state index in [0.717, 1.165) is 11.5 Å². The average Bonchev–Trinajstić information content (AvgIpc) is 2.33. The zero-order valence-electron chi connectivity index (χ0n) is 12.2. The lowest BCUT2D eigenvalue weighted by Gasteiger charge is -2.18. The number of thioether (sulfide) groups is 1. The van der Waals surface area contributed by atoms with Crippen molar-refractivity contribution in [2.24, 2.45) is 5.73 Å². The summed E-state index contributed by atoms with van der Waals surface area (Å²) < 4.78 is 4.61. The van der Waals surface area contributed by atoms with Crippen molar-refractivity contribution in [3.05, 3.63) is 34.4 Å². The van der Waals surface area contributed by atoms with Crippen molar-refractivity contribution in [1.29, 1.82) is 0 Å². The topological polar surface area (TPSA) is 52.3 Å². The molecule has 2 N–H and O–H groups in total. The number of methoxy groups -OCH3 is 1. The molecule has 0 amide bonds. The molecular formula is C15H23NO2S. The Morgan fingerprint density at radius 3 is 2.42 bits per heavy atom. The van der Waals surface area contributed by atoms with Gasteiger partial charge in [-0.15, -0.1) is 0 Å². The molecule has 3 nitrogen and oxygen atoms in total. The van der Waals surface area contributed by atoms with Gasteiger partial charge in [-0.1, -0.05) is 17.7 Å². The number of carbonyl (C=O) groups is 1. The van der Waals surface area contributed by atoms with E-state index < -0.39 is 0 Å². The van der Waals surface area contributed by atoms with E-state index >= 15 is 0 Å². The molecule has 19 heavy (non-hydrogen) atoms. The molecule has 0 saturated heterocycles. The monoisotopic (exact) mass is 281 g/mol. The zero-order chi connectivity index (χ0) is 14.4. The molecule has 0 saturated carbocycles. The van der Waals surface area contributed by atoms with Gasteiger partial charge in [0.2, 0.25) is 0 Å². The highest BCUT2D eigenvalue weighted by Crippen LogP contribution is 2.24. The highest BCUT2D eigenvalue weighted by molar-refractivity contribution is 7.99. The fraction of sp³-hybridized carbons (Fsp3) is 0.533. The minimum absolute atomic E-state index is 0.0169. The normalized spacial score (nSPS) is 12.3. The summed E-state index contributed by atoms with van der Waals surface area (Å²) in [6.45, 7) is 6.31. The van der Waals surface area contributed by atoms with Crippen LogP contribution in [0.3, 0.4) is 0 Å². The number of benzene rings is 1. The van der Waals surface area contributed by atoms with Crippen LogP contribution in [0.25, 0.3) is 0 Å². The first kappa shape index (κ1) is 16.1. The second-order valence-corrected chi connectivity index (χ2v) is 5.97. The van der Waals surface area contributed by atoms with Gasteiger partial charge in [0.25, 0.3) is 0 Å². The summed E-state index contributed by atoms with van der Waals surface area (Å²) >= 11 is 1.70. The number of nitrogens with two attached hydrogens (primary N) is 1. The number of rotatable bonds is 6. The van der Waals surface area contributed by atoms with Crippen molar-refractivity contribution in [3.63, 3.8) is 0 Å². The van der Waals surface area contributed by atoms with Crippen LogP contribution in [0, 0.1) is 20.8 Å². The molecule has 106 valence electrons. The Hall–Kier alpha value is -1.00. The predicted octanol–water partition coefficient (Wildman–Crippen LogP) is 2.91. The Bertz CT molecular complexity index is 423. The lowest BCUT2D eigenvalue weighted by atomic mass is 9.95. The zero-order valence-corrected chi connectivity index (χ0v) is 13.0. The second-order valence-electron chi connectivity index (χ2n) is 4.82. The van der Waals surface area contributed by atoms with Gasteiger partial charge in [-0.3, -0.25) is 4.79 Å². The fourth-order valence-electron chi connectivity index (χ4n) is 2.33. The highest BCUT2D eigenvalue weighted by Gasteiger charge is 2.12. The Labute approximate surface area is 119 Å². The van der Waals surface area contributed by atoms with E-state index in [1.54, 1.807) is 11.8 Å². The van der Waals surface area contributed by atoms with E-state index in [1.807, 2.05) is 0 Å². The van der Waals surface area contributed by atoms with E-state index in [-0.39, 0.29) is 12.0 Å². The van der Waals surface area contributed by atoms with Crippen LogP contribution in [0.4, 0.5) is 0 Å². The van der Waals surface area contributed by atoms with E-state index in [2.05, 4.69) is 37.6 Å². The predicted molar refractivity (Wildman–Crippen MR) is 81.5 cm³/mol. The third kappa shape index (κ3) is 4.88. The summed E-state index contributed by atoms with van der Waals surface area (Å²) in [4.78, 5) is 11.0. The lowest BCUT2D eigenvalue weighted by Crippen LogP contribution is -2.16. The second kappa shape index (κ2) is 7.56. The van der Waals surface area contributed by atoms with E-state index in [1.165, 1.54) is 29.4 Å². The van der Waals surface area contributed by atoms with Gasteiger partial charge < -0.3 is 10.5 Å². The summed E-state index contributed by atoms with van der Waals surface area (Å²) in [6.07, 6.45) is 0.444. The van der Waals surface area contributed by atoms with Crippen LogP contribution in [0.15, 0.2) is 12.1 Å². The van der Waals surface area contributed by atoms with Crippen molar-refractivity contribution in [2.45, 2.75) is 33.2 Å². The Balaban J connectivity index is 2.54. The molecule has 1 rings (SSSR count). The lowest BCUT2D eigenvalue weighted by molar-refractivity contribution is -0.140. The summed E-state index contributed by atoms with van der Waals surface area (Å²) in [7, 11) is 1.41. The van der Waals surface area contributed by atoms with Gasteiger partial charge in [0.15, 0.2) is 0 Å². The van der Waals surface area contributed by atoms with Crippen molar-refractivity contribution in [3.8, 4) is 0 Å². The maximum absolute atomic E-state index is 11.0. The van der Waals surface area contributed by atoms with Crippen LogP contribution in [-0.4, -0.2) is 24.6 Å². The molecule has 1 atom stereocenters. The van der Waals surface area contributed by atoms with Crippen LogP contribution in [0.5, 0.6) is 0 Å². The minimum Gasteiger partial charge on any atom is -0.469 e. The highest BCUT2D eigenvalue weighted by atomic mass is 32.2. The third-order valence-corrected chi connectivity index (χ3v) is 4.17. The molecule has 0 aromatic heterocycles. The Morgan fingerprint density at radius 1 is 1.32 bits per heavy atom. The van der Waals surface area contributed by atoms with Gasteiger partial charge in [-0.25, -0.2) is 0 Å². The fourth-order valence-corrected chi connectivity index (χ4v) is 3.23. The SMILES string of the molecule is COC(=O)CCSCC(N)c1c(C)cc(C)cc1C. The number of hydrogen-bond acceptors (Lipinski definition) is 4. The average molecular weight is 281 g/mol. The van der Waals surface area contributed by atoms with Crippen molar-refractivity contribution < 1.29 is 9.53 Å². The molecule has 0 aliphatic carbocycles. The van der Waals surface area contributed by atoms with Crippen molar-refractivity contribution in [1.82, 2.24) is 0 Å². The summed E-state index contributed by atoms with van der Waals surface area (Å²) in [6, 6.07) is 4.35. The number of aryl methyl sites for hydroxylation is 3. The molecule has 0 heterocycles. The molecule has 0 aliphatic heterocycles. The minimum atomic E-state index is -0.163. The molecule has 0 fully saturated rings. The van der Waals surface area contributed by atoms with E-state index in [4.69, 9.17) is 5.73 Å². The molecule has 0 bridgehead atoms. The quantitative estimate of drug-likeness (QED) is 0.643.